The Morgan fingerprint density at radius 3 is 2.67 bits per heavy atom. The summed E-state index contributed by atoms with van der Waals surface area (Å²) >= 11 is 5.62. The molecule has 0 aliphatic heterocycles. The third kappa shape index (κ3) is 2.53. The van der Waals surface area contributed by atoms with Gasteiger partial charge in [-0.25, -0.2) is 4.98 Å². The molecule has 1 aromatic carbocycles. The van der Waals surface area contributed by atoms with Crippen molar-refractivity contribution in [3.63, 3.8) is 0 Å². The Morgan fingerprint density at radius 2 is 2.11 bits per heavy atom. The molecule has 0 amide bonds. The molecule has 0 atom stereocenters. The topological polar surface area (TPSA) is 27.1 Å². The molecule has 0 saturated carbocycles. The van der Waals surface area contributed by atoms with Crippen LogP contribution in [-0.2, 0) is 12.4 Å². The number of rotatable bonds is 3. The number of aromatic nitrogens is 2. The molecule has 0 bridgehead atoms. The van der Waals surface area contributed by atoms with Gasteiger partial charge >= 0.3 is 6.18 Å². The number of hydrogen-bond donors (Lipinski definition) is 0. The van der Waals surface area contributed by atoms with Crippen LogP contribution in [0.2, 0.25) is 0 Å². The summed E-state index contributed by atoms with van der Waals surface area (Å²) in [7, 11) is 1.48. The Hall–Kier alpha value is -1.43. The van der Waals surface area contributed by atoms with Gasteiger partial charge in [0, 0.05) is 6.07 Å². The minimum atomic E-state index is -4.31. The van der Waals surface area contributed by atoms with E-state index in [4.69, 9.17) is 16.3 Å². The van der Waals surface area contributed by atoms with Crippen LogP contribution in [-0.4, -0.2) is 22.8 Å². The van der Waals surface area contributed by atoms with E-state index in [-0.39, 0.29) is 11.7 Å². The minimum absolute atomic E-state index is 0.0763. The smallest absolute Gasteiger partial charge is 0.406 e. The van der Waals surface area contributed by atoms with Gasteiger partial charge in [-0.15, -0.1) is 11.6 Å². The van der Waals surface area contributed by atoms with Crippen LogP contribution in [0.3, 0.4) is 0 Å². The normalized spacial score (nSPS) is 12.1. The minimum Gasteiger partial charge on any atom is -0.497 e. The average molecular weight is 279 g/mol. The van der Waals surface area contributed by atoms with Gasteiger partial charge in [0.15, 0.2) is 0 Å². The van der Waals surface area contributed by atoms with Crippen molar-refractivity contribution in [3.8, 4) is 5.75 Å². The summed E-state index contributed by atoms with van der Waals surface area (Å²) in [5, 5.41) is 0. The van der Waals surface area contributed by atoms with Crippen LogP contribution >= 0.6 is 11.6 Å². The van der Waals surface area contributed by atoms with Crippen molar-refractivity contribution in [2.24, 2.45) is 0 Å². The first-order valence-corrected chi connectivity index (χ1v) is 5.64. The summed E-state index contributed by atoms with van der Waals surface area (Å²) in [6, 6.07) is 4.72. The zero-order valence-electron chi connectivity index (χ0n) is 9.46. The van der Waals surface area contributed by atoms with Crippen LogP contribution < -0.4 is 4.74 Å². The van der Waals surface area contributed by atoms with Crippen LogP contribution in [0.25, 0.3) is 11.0 Å². The SMILES string of the molecule is COc1ccc2c(c1)nc(CCl)n2CC(F)(F)F. The molecule has 2 rings (SSSR count). The van der Waals surface area contributed by atoms with Gasteiger partial charge in [0.1, 0.15) is 18.1 Å². The highest BCUT2D eigenvalue weighted by molar-refractivity contribution is 6.16. The number of hydrogen-bond acceptors (Lipinski definition) is 2. The third-order valence-corrected chi connectivity index (χ3v) is 2.73. The van der Waals surface area contributed by atoms with Crippen LogP contribution in [0.5, 0.6) is 5.75 Å². The molecule has 0 radical (unpaired) electrons. The molecule has 0 spiro atoms. The molecule has 0 aliphatic rings. The monoisotopic (exact) mass is 278 g/mol. The maximum Gasteiger partial charge on any atom is 0.406 e. The summed E-state index contributed by atoms with van der Waals surface area (Å²) < 4.78 is 43.5. The largest absolute Gasteiger partial charge is 0.497 e. The van der Waals surface area contributed by atoms with E-state index >= 15 is 0 Å². The molecule has 2 aromatic rings. The number of ether oxygens (including phenoxy) is 1. The van der Waals surface area contributed by atoms with Crippen molar-refractivity contribution in [3.05, 3.63) is 24.0 Å². The van der Waals surface area contributed by atoms with Gasteiger partial charge in [0.25, 0.3) is 0 Å². The van der Waals surface area contributed by atoms with E-state index in [1.54, 1.807) is 18.2 Å². The predicted molar refractivity (Wildman–Crippen MR) is 61.9 cm³/mol. The Morgan fingerprint density at radius 1 is 1.39 bits per heavy atom. The molecular formula is C11H10ClF3N2O. The van der Waals surface area contributed by atoms with Crippen molar-refractivity contribution < 1.29 is 17.9 Å². The lowest BCUT2D eigenvalue weighted by Gasteiger charge is -2.10. The Labute approximate surface area is 106 Å². The number of alkyl halides is 4. The summed E-state index contributed by atoms with van der Waals surface area (Å²) in [4.78, 5) is 4.07. The average Bonchev–Trinajstić information content (AvgIpc) is 2.64. The summed E-state index contributed by atoms with van der Waals surface area (Å²) in [5.41, 5.74) is 0.832. The highest BCUT2D eigenvalue weighted by Gasteiger charge is 2.30. The lowest BCUT2D eigenvalue weighted by atomic mass is 10.3. The summed E-state index contributed by atoms with van der Waals surface area (Å²) in [6.45, 7) is -1.10. The van der Waals surface area contributed by atoms with E-state index in [0.29, 0.717) is 16.8 Å². The van der Waals surface area contributed by atoms with Crippen LogP contribution in [0.4, 0.5) is 13.2 Å². The van der Waals surface area contributed by atoms with E-state index in [9.17, 15) is 13.2 Å². The van der Waals surface area contributed by atoms with Gasteiger partial charge in [0.05, 0.1) is 24.0 Å². The van der Waals surface area contributed by atoms with Gasteiger partial charge in [-0.05, 0) is 12.1 Å². The van der Waals surface area contributed by atoms with Crippen molar-refractivity contribution in [1.29, 1.82) is 0 Å². The molecule has 18 heavy (non-hydrogen) atoms. The number of halogens is 4. The first-order chi connectivity index (χ1) is 8.44. The Balaban J connectivity index is 2.56. The molecule has 0 unspecified atom stereocenters. The fraction of sp³-hybridized carbons (Fsp3) is 0.364. The number of imidazole rings is 1. The number of benzene rings is 1. The maximum absolute atomic E-state index is 12.5. The molecule has 7 heteroatoms. The fourth-order valence-corrected chi connectivity index (χ4v) is 1.95. The highest BCUT2D eigenvalue weighted by atomic mass is 35.5. The first-order valence-electron chi connectivity index (χ1n) is 5.10. The standard InChI is InChI=1S/C11H10ClF3N2O/c1-18-7-2-3-9-8(4-7)16-10(5-12)17(9)6-11(13,14)15/h2-4H,5-6H2,1H3. The molecule has 0 N–H and O–H groups in total. The fourth-order valence-electron chi connectivity index (χ4n) is 1.74. The molecule has 0 aliphatic carbocycles. The lowest BCUT2D eigenvalue weighted by molar-refractivity contribution is -0.140. The van der Waals surface area contributed by atoms with E-state index in [2.05, 4.69) is 4.98 Å². The molecule has 3 nitrogen and oxygen atoms in total. The summed E-state index contributed by atoms with van der Waals surface area (Å²) in [6.07, 6.45) is -4.31. The van der Waals surface area contributed by atoms with E-state index in [1.807, 2.05) is 0 Å². The molecule has 1 heterocycles. The first kappa shape index (κ1) is 13.0. The molecule has 0 saturated heterocycles. The van der Waals surface area contributed by atoms with Gasteiger partial charge < -0.3 is 9.30 Å². The third-order valence-electron chi connectivity index (χ3n) is 2.49. The number of fused-ring (bicyclic) bond motifs is 1. The van der Waals surface area contributed by atoms with Crippen LogP contribution in [0, 0.1) is 0 Å². The van der Waals surface area contributed by atoms with Crippen molar-refractivity contribution in [2.75, 3.05) is 7.11 Å². The number of methoxy groups -OCH3 is 1. The quantitative estimate of drug-likeness (QED) is 0.805. The van der Waals surface area contributed by atoms with Gasteiger partial charge in [-0.1, -0.05) is 0 Å². The predicted octanol–water partition coefficient (Wildman–Crippen LogP) is 3.35. The molecule has 98 valence electrons. The van der Waals surface area contributed by atoms with Gasteiger partial charge in [0.2, 0.25) is 0 Å². The van der Waals surface area contributed by atoms with E-state index < -0.39 is 12.7 Å². The Kier molecular flexibility index (Phi) is 3.38. The second-order valence-corrected chi connectivity index (χ2v) is 3.98. The van der Waals surface area contributed by atoms with Crippen LogP contribution in [0.15, 0.2) is 18.2 Å². The van der Waals surface area contributed by atoms with E-state index in [1.165, 1.54) is 7.11 Å². The second kappa shape index (κ2) is 4.68. The molecular weight excluding hydrogens is 269 g/mol. The van der Waals surface area contributed by atoms with Crippen LogP contribution in [0.1, 0.15) is 5.82 Å². The zero-order valence-corrected chi connectivity index (χ0v) is 10.2. The van der Waals surface area contributed by atoms with Gasteiger partial charge in [-0.2, -0.15) is 13.2 Å². The maximum atomic E-state index is 12.5. The van der Waals surface area contributed by atoms with Gasteiger partial charge in [-0.3, -0.25) is 0 Å². The van der Waals surface area contributed by atoms with Crippen molar-refractivity contribution in [1.82, 2.24) is 9.55 Å². The van der Waals surface area contributed by atoms with E-state index in [0.717, 1.165) is 4.57 Å². The second-order valence-electron chi connectivity index (χ2n) is 3.72. The lowest BCUT2D eigenvalue weighted by Crippen LogP contribution is -2.19. The summed E-state index contributed by atoms with van der Waals surface area (Å²) in [5.74, 6) is 0.658. The van der Waals surface area contributed by atoms with Crippen molar-refractivity contribution in [2.45, 2.75) is 18.6 Å². The van der Waals surface area contributed by atoms with Crippen molar-refractivity contribution >= 4 is 22.6 Å². The zero-order chi connectivity index (χ0) is 13.3. The molecule has 1 aromatic heterocycles. The highest BCUT2D eigenvalue weighted by Crippen LogP contribution is 2.26. The Bertz CT molecular complexity index is 565. The molecule has 0 fully saturated rings. The number of nitrogens with zero attached hydrogens (tertiary/aromatic N) is 2.